The van der Waals surface area contributed by atoms with Gasteiger partial charge in [0.1, 0.15) is 0 Å². The molecule has 0 aliphatic carbocycles. The summed E-state index contributed by atoms with van der Waals surface area (Å²) < 4.78 is 0. The molecular weight excluding hydrogens is 220 g/mol. The topological polar surface area (TPSA) is 32.3 Å². The molecule has 0 radical (unpaired) electrons. The Balaban J connectivity index is 2.06. The Morgan fingerprint density at radius 2 is 2.38 bits per heavy atom. The number of rotatable bonds is 6. The molecule has 0 spiro atoms. The lowest BCUT2D eigenvalue weighted by Crippen LogP contribution is -2.39. The molecule has 0 aromatic rings. The molecular formula is C12H24N2OS. The number of thioether (sulfide) groups is 1. The molecule has 1 unspecified atom stereocenters. The summed E-state index contributed by atoms with van der Waals surface area (Å²) in [6.45, 7) is 5.33. The van der Waals surface area contributed by atoms with E-state index in [9.17, 15) is 4.79 Å². The van der Waals surface area contributed by atoms with E-state index in [0.29, 0.717) is 11.7 Å². The maximum Gasteiger partial charge on any atom is 0.230 e. The molecule has 1 fully saturated rings. The average molecular weight is 244 g/mol. The van der Waals surface area contributed by atoms with Crippen molar-refractivity contribution in [3.05, 3.63) is 0 Å². The second kappa shape index (κ2) is 7.96. The molecule has 1 amide bonds. The highest BCUT2D eigenvalue weighted by atomic mass is 32.2. The van der Waals surface area contributed by atoms with E-state index in [1.165, 1.54) is 19.4 Å². The highest BCUT2D eigenvalue weighted by molar-refractivity contribution is 7.99. The third kappa shape index (κ3) is 5.75. The minimum atomic E-state index is 0.201. The number of nitrogens with zero attached hydrogens (tertiary/aromatic N) is 1. The fourth-order valence-corrected chi connectivity index (χ4v) is 2.78. The highest BCUT2D eigenvalue weighted by Gasteiger charge is 2.17. The monoisotopic (exact) mass is 244 g/mol. The zero-order valence-corrected chi connectivity index (χ0v) is 11.3. The van der Waals surface area contributed by atoms with Gasteiger partial charge in [0.05, 0.1) is 5.75 Å². The van der Waals surface area contributed by atoms with E-state index in [4.69, 9.17) is 0 Å². The highest BCUT2D eigenvalue weighted by Crippen LogP contribution is 2.13. The van der Waals surface area contributed by atoms with Crippen molar-refractivity contribution in [3.8, 4) is 0 Å². The fourth-order valence-electron chi connectivity index (χ4n) is 2.06. The van der Waals surface area contributed by atoms with Crippen LogP contribution in [0.1, 0.15) is 26.2 Å². The third-order valence-corrected chi connectivity index (χ3v) is 4.05. The van der Waals surface area contributed by atoms with Crippen LogP contribution in [0.5, 0.6) is 0 Å². The maximum absolute atomic E-state index is 11.5. The Hall–Kier alpha value is -0.220. The molecule has 1 aliphatic heterocycles. The van der Waals surface area contributed by atoms with E-state index in [2.05, 4.69) is 24.2 Å². The first kappa shape index (κ1) is 13.8. The lowest BCUT2D eigenvalue weighted by atomic mass is 9.98. The van der Waals surface area contributed by atoms with Gasteiger partial charge in [-0.1, -0.05) is 6.92 Å². The summed E-state index contributed by atoms with van der Waals surface area (Å²) in [5.74, 6) is 2.56. The van der Waals surface area contributed by atoms with Crippen molar-refractivity contribution >= 4 is 17.7 Å². The van der Waals surface area contributed by atoms with Gasteiger partial charge in [0.25, 0.3) is 0 Å². The molecule has 4 heteroatoms. The molecule has 16 heavy (non-hydrogen) atoms. The van der Waals surface area contributed by atoms with Gasteiger partial charge in [0, 0.05) is 13.1 Å². The normalized spacial score (nSPS) is 22.0. The molecule has 1 rings (SSSR count). The Morgan fingerprint density at radius 3 is 3.06 bits per heavy atom. The van der Waals surface area contributed by atoms with Crippen LogP contribution in [0.25, 0.3) is 0 Å². The largest absolute Gasteiger partial charge is 0.355 e. The zero-order valence-electron chi connectivity index (χ0n) is 10.5. The third-order valence-electron chi connectivity index (χ3n) is 2.89. The van der Waals surface area contributed by atoms with E-state index in [-0.39, 0.29) is 5.91 Å². The molecule has 1 atom stereocenters. The number of hydrogen-bond acceptors (Lipinski definition) is 3. The van der Waals surface area contributed by atoms with E-state index in [1.807, 2.05) is 0 Å². The van der Waals surface area contributed by atoms with Crippen molar-refractivity contribution < 1.29 is 4.79 Å². The number of amides is 1. The summed E-state index contributed by atoms with van der Waals surface area (Å²) in [4.78, 5) is 13.8. The van der Waals surface area contributed by atoms with Crippen molar-refractivity contribution in [1.29, 1.82) is 0 Å². The number of likely N-dealkylation sites (tertiary alicyclic amines) is 1. The van der Waals surface area contributed by atoms with Gasteiger partial charge < -0.3 is 10.2 Å². The predicted octanol–water partition coefficient (Wildman–Crippen LogP) is 1.59. The van der Waals surface area contributed by atoms with E-state index >= 15 is 0 Å². The molecule has 1 heterocycles. The van der Waals surface area contributed by atoms with Gasteiger partial charge >= 0.3 is 0 Å². The Kier molecular flexibility index (Phi) is 6.88. The van der Waals surface area contributed by atoms with E-state index < -0.39 is 0 Å². The molecule has 0 aromatic heterocycles. The van der Waals surface area contributed by atoms with Crippen LogP contribution in [0.15, 0.2) is 0 Å². The summed E-state index contributed by atoms with van der Waals surface area (Å²) in [7, 11) is 2.16. The van der Waals surface area contributed by atoms with Crippen LogP contribution in [0.3, 0.4) is 0 Å². The SMILES string of the molecule is CCCSCC(=O)NCC1CCCN(C)C1. The van der Waals surface area contributed by atoms with Gasteiger partial charge in [0.15, 0.2) is 0 Å². The van der Waals surface area contributed by atoms with Crippen LogP contribution >= 0.6 is 11.8 Å². The van der Waals surface area contributed by atoms with Gasteiger partial charge in [-0.15, -0.1) is 0 Å². The van der Waals surface area contributed by atoms with Crippen LogP contribution in [0.2, 0.25) is 0 Å². The molecule has 0 bridgehead atoms. The number of piperidine rings is 1. The minimum absolute atomic E-state index is 0.201. The Labute approximate surface area is 103 Å². The first-order valence-corrected chi connectivity index (χ1v) is 7.40. The van der Waals surface area contributed by atoms with Crippen molar-refractivity contribution in [2.45, 2.75) is 26.2 Å². The standard InChI is InChI=1S/C12H24N2OS/c1-3-7-16-10-12(15)13-8-11-5-4-6-14(2)9-11/h11H,3-10H2,1-2H3,(H,13,15). The molecule has 1 saturated heterocycles. The van der Waals surface area contributed by atoms with Gasteiger partial charge in [-0.3, -0.25) is 4.79 Å². The lowest BCUT2D eigenvalue weighted by Gasteiger charge is -2.29. The summed E-state index contributed by atoms with van der Waals surface area (Å²) in [6.07, 6.45) is 3.67. The van der Waals surface area contributed by atoms with Gasteiger partial charge in [0.2, 0.25) is 5.91 Å². The predicted molar refractivity (Wildman–Crippen MR) is 70.8 cm³/mol. The molecule has 3 nitrogen and oxygen atoms in total. The second-order valence-corrected chi connectivity index (χ2v) is 5.73. The van der Waals surface area contributed by atoms with Crippen LogP contribution in [-0.4, -0.2) is 49.0 Å². The molecule has 1 N–H and O–H groups in total. The quantitative estimate of drug-likeness (QED) is 0.720. The van der Waals surface area contributed by atoms with Crippen LogP contribution in [0, 0.1) is 5.92 Å². The fraction of sp³-hybridized carbons (Fsp3) is 0.917. The number of carbonyl (C=O) groups is 1. The molecule has 94 valence electrons. The van der Waals surface area contributed by atoms with E-state index in [0.717, 1.165) is 25.3 Å². The number of nitrogens with one attached hydrogen (secondary N) is 1. The smallest absolute Gasteiger partial charge is 0.230 e. The summed E-state index contributed by atoms with van der Waals surface area (Å²) >= 11 is 1.73. The maximum atomic E-state index is 11.5. The number of hydrogen-bond donors (Lipinski definition) is 1. The molecule has 0 aromatic carbocycles. The first-order valence-electron chi connectivity index (χ1n) is 6.25. The van der Waals surface area contributed by atoms with Crippen molar-refractivity contribution in [1.82, 2.24) is 10.2 Å². The minimum Gasteiger partial charge on any atom is -0.355 e. The number of carbonyl (C=O) groups excluding carboxylic acids is 1. The van der Waals surface area contributed by atoms with Gasteiger partial charge in [-0.05, 0) is 44.5 Å². The first-order chi connectivity index (χ1) is 7.72. The van der Waals surface area contributed by atoms with Crippen molar-refractivity contribution in [3.63, 3.8) is 0 Å². The second-order valence-electron chi connectivity index (χ2n) is 4.63. The van der Waals surface area contributed by atoms with Crippen LogP contribution in [-0.2, 0) is 4.79 Å². The van der Waals surface area contributed by atoms with Crippen LogP contribution < -0.4 is 5.32 Å². The van der Waals surface area contributed by atoms with Gasteiger partial charge in [-0.25, -0.2) is 0 Å². The Morgan fingerprint density at radius 1 is 1.56 bits per heavy atom. The summed E-state index contributed by atoms with van der Waals surface area (Å²) in [5, 5.41) is 3.05. The van der Waals surface area contributed by atoms with Crippen molar-refractivity contribution in [2.75, 3.05) is 38.2 Å². The lowest BCUT2D eigenvalue weighted by molar-refractivity contribution is -0.118. The molecule has 0 saturated carbocycles. The summed E-state index contributed by atoms with van der Waals surface area (Å²) in [6, 6.07) is 0. The average Bonchev–Trinajstić information content (AvgIpc) is 2.27. The Bertz CT molecular complexity index is 211. The van der Waals surface area contributed by atoms with Gasteiger partial charge in [-0.2, -0.15) is 11.8 Å². The van der Waals surface area contributed by atoms with Crippen molar-refractivity contribution in [2.24, 2.45) is 5.92 Å². The zero-order chi connectivity index (χ0) is 11.8. The molecule has 1 aliphatic rings. The van der Waals surface area contributed by atoms with Crippen LogP contribution in [0.4, 0.5) is 0 Å². The van der Waals surface area contributed by atoms with E-state index in [1.54, 1.807) is 11.8 Å². The summed E-state index contributed by atoms with van der Waals surface area (Å²) in [5.41, 5.74) is 0.